The normalized spacial score (nSPS) is 10.9. The van der Waals surface area contributed by atoms with E-state index < -0.39 is 0 Å². The second kappa shape index (κ2) is 7.26. The molecule has 1 aromatic heterocycles. The van der Waals surface area contributed by atoms with Crippen molar-refractivity contribution in [1.82, 2.24) is 4.98 Å². The minimum atomic E-state index is -0.312. The van der Waals surface area contributed by atoms with Gasteiger partial charge in [0, 0.05) is 11.1 Å². The summed E-state index contributed by atoms with van der Waals surface area (Å²) >= 11 is 23.9. The molecule has 128 valence electrons. The van der Waals surface area contributed by atoms with Crippen LogP contribution >= 0.6 is 46.4 Å². The Morgan fingerprint density at radius 1 is 1.04 bits per heavy atom. The molecular weight excluding hydrogens is 406 g/mol. The van der Waals surface area contributed by atoms with Crippen LogP contribution in [0.15, 0.2) is 30.3 Å². The molecule has 0 fully saturated rings. The average Bonchev–Trinajstić information content (AvgIpc) is 2.93. The Hall–Kier alpha value is -1.72. The Balaban J connectivity index is 1.91. The first-order valence-electron chi connectivity index (χ1n) is 7.09. The quantitative estimate of drug-likeness (QED) is 0.531. The lowest BCUT2D eigenvalue weighted by molar-refractivity contribution is -0.115. The molecule has 2 N–H and O–H groups in total. The summed E-state index contributed by atoms with van der Waals surface area (Å²) in [6.07, 6.45) is 0.623. The molecule has 0 aliphatic heterocycles. The first-order valence-corrected chi connectivity index (χ1v) is 8.60. The number of hydrogen-bond donors (Lipinski definition) is 2. The number of benzene rings is 2. The van der Waals surface area contributed by atoms with Crippen LogP contribution in [-0.4, -0.2) is 17.2 Å². The fraction of sp³-hybridized carbons (Fsp3) is 0.0588. The third-order valence-corrected chi connectivity index (χ3v) is 5.21. The summed E-state index contributed by atoms with van der Waals surface area (Å²) < 4.78 is 0. The van der Waals surface area contributed by atoms with Gasteiger partial charge in [0.15, 0.2) is 6.29 Å². The number of anilines is 1. The molecule has 0 aliphatic carbocycles. The van der Waals surface area contributed by atoms with E-state index in [-0.39, 0.29) is 18.0 Å². The Labute approximate surface area is 163 Å². The van der Waals surface area contributed by atoms with Crippen LogP contribution in [-0.2, 0) is 11.2 Å². The van der Waals surface area contributed by atoms with Crippen LogP contribution in [0.5, 0.6) is 0 Å². The van der Waals surface area contributed by atoms with Gasteiger partial charge in [-0.05, 0) is 29.8 Å². The van der Waals surface area contributed by atoms with Gasteiger partial charge < -0.3 is 10.3 Å². The van der Waals surface area contributed by atoms with E-state index in [0.29, 0.717) is 48.5 Å². The maximum absolute atomic E-state index is 12.4. The van der Waals surface area contributed by atoms with Crippen molar-refractivity contribution in [3.8, 4) is 0 Å². The van der Waals surface area contributed by atoms with E-state index in [9.17, 15) is 9.59 Å². The zero-order chi connectivity index (χ0) is 18.1. The Kier molecular flexibility index (Phi) is 5.25. The van der Waals surface area contributed by atoms with E-state index in [4.69, 9.17) is 46.4 Å². The number of nitrogens with one attached hydrogen (secondary N) is 2. The number of amides is 1. The van der Waals surface area contributed by atoms with E-state index in [1.54, 1.807) is 30.3 Å². The van der Waals surface area contributed by atoms with Gasteiger partial charge in [0.25, 0.3) is 0 Å². The zero-order valence-corrected chi connectivity index (χ0v) is 15.5. The lowest BCUT2D eigenvalue weighted by Crippen LogP contribution is -2.15. The van der Waals surface area contributed by atoms with Crippen molar-refractivity contribution in [3.05, 3.63) is 61.7 Å². The number of aldehydes is 1. The van der Waals surface area contributed by atoms with Crippen molar-refractivity contribution in [2.45, 2.75) is 6.42 Å². The van der Waals surface area contributed by atoms with E-state index in [1.807, 2.05) is 0 Å². The molecule has 2 aromatic carbocycles. The first kappa shape index (κ1) is 18.1. The topological polar surface area (TPSA) is 62.0 Å². The van der Waals surface area contributed by atoms with Crippen LogP contribution in [0.25, 0.3) is 10.9 Å². The molecule has 3 aromatic rings. The molecule has 0 unspecified atom stereocenters. The molecule has 4 nitrogen and oxygen atoms in total. The van der Waals surface area contributed by atoms with Gasteiger partial charge in [0.2, 0.25) is 5.91 Å². The molecule has 0 spiro atoms. The van der Waals surface area contributed by atoms with Crippen LogP contribution in [0.3, 0.4) is 0 Å². The number of aromatic nitrogens is 1. The molecule has 0 atom stereocenters. The van der Waals surface area contributed by atoms with Crippen molar-refractivity contribution in [2.24, 2.45) is 0 Å². The highest BCUT2D eigenvalue weighted by molar-refractivity contribution is 6.45. The molecule has 1 amide bonds. The highest BCUT2D eigenvalue weighted by Crippen LogP contribution is 2.33. The number of H-pyrrole nitrogens is 1. The Morgan fingerprint density at radius 2 is 1.76 bits per heavy atom. The summed E-state index contributed by atoms with van der Waals surface area (Å²) in [6, 6.07) is 8.11. The van der Waals surface area contributed by atoms with Gasteiger partial charge in [0.1, 0.15) is 0 Å². The molecule has 3 rings (SSSR count). The largest absolute Gasteiger partial charge is 0.351 e. The van der Waals surface area contributed by atoms with Gasteiger partial charge in [0.05, 0.1) is 37.7 Å². The summed E-state index contributed by atoms with van der Waals surface area (Å²) in [5.41, 5.74) is 1.85. The highest BCUT2D eigenvalue weighted by Gasteiger charge is 2.17. The number of rotatable bonds is 4. The molecule has 25 heavy (non-hydrogen) atoms. The molecular formula is C17H10Cl4N2O2. The number of carbonyl (C=O) groups excluding carboxylic acids is 2. The monoisotopic (exact) mass is 414 g/mol. The van der Waals surface area contributed by atoms with Gasteiger partial charge >= 0.3 is 0 Å². The number of fused-ring (bicyclic) bond motifs is 1. The zero-order valence-electron chi connectivity index (χ0n) is 12.5. The summed E-state index contributed by atoms with van der Waals surface area (Å²) in [5.74, 6) is -0.312. The number of carbonyl (C=O) groups is 2. The number of hydrogen-bond acceptors (Lipinski definition) is 2. The third kappa shape index (κ3) is 3.62. The maximum Gasteiger partial charge on any atom is 0.228 e. The van der Waals surface area contributed by atoms with Gasteiger partial charge in [-0.3, -0.25) is 9.59 Å². The Morgan fingerprint density at radius 3 is 2.44 bits per heavy atom. The van der Waals surface area contributed by atoms with E-state index in [1.165, 1.54) is 0 Å². The molecule has 8 heteroatoms. The van der Waals surface area contributed by atoms with E-state index >= 15 is 0 Å². The van der Waals surface area contributed by atoms with Crippen LogP contribution in [0, 0.1) is 0 Å². The van der Waals surface area contributed by atoms with Crippen molar-refractivity contribution in [1.29, 1.82) is 0 Å². The standard InChI is InChI=1S/C17H10Cl4N2O2/c18-11-3-1-8(5-13(11)20)22-15(25)6-10-9-2-4-12(19)16(21)17(9)23-14(10)7-24/h1-5,7,23H,6H2,(H,22,25). The first-order chi connectivity index (χ1) is 11.9. The number of halogens is 4. The second-order valence-corrected chi connectivity index (χ2v) is 6.87. The van der Waals surface area contributed by atoms with Crippen molar-refractivity contribution in [3.63, 3.8) is 0 Å². The molecule has 0 bridgehead atoms. The summed E-state index contributed by atoms with van der Waals surface area (Å²) in [4.78, 5) is 26.6. The lowest BCUT2D eigenvalue weighted by Gasteiger charge is -2.07. The van der Waals surface area contributed by atoms with Gasteiger partial charge in [-0.15, -0.1) is 0 Å². The maximum atomic E-state index is 12.4. The molecule has 0 radical (unpaired) electrons. The predicted octanol–water partition coefficient (Wildman–Crippen LogP) is 5.78. The third-order valence-electron chi connectivity index (χ3n) is 3.66. The van der Waals surface area contributed by atoms with Crippen LogP contribution in [0.2, 0.25) is 20.1 Å². The Bertz CT molecular complexity index is 998. The van der Waals surface area contributed by atoms with Gasteiger partial charge in [-0.25, -0.2) is 0 Å². The van der Waals surface area contributed by atoms with Crippen LogP contribution in [0.1, 0.15) is 16.1 Å². The molecule has 0 saturated heterocycles. The van der Waals surface area contributed by atoms with E-state index in [2.05, 4.69) is 10.3 Å². The molecule has 1 heterocycles. The summed E-state index contributed by atoms with van der Waals surface area (Å²) in [6.45, 7) is 0. The van der Waals surface area contributed by atoms with Gasteiger partial charge in [-0.1, -0.05) is 52.5 Å². The smallest absolute Gasteiger partial charge is 0.228 e. The highest BCUT2D eigenvalue weighted by atomic mass is 35.5. The second-order valence-electron chi connectivity index (χ2n) is 5.27. The fourth-order valence-electron chi connectivity index (χ4n) is 2.51. The van der Waals surface area contributed by atoms with Crippen molar-refractivity contribution >= 4 is 75.2 Å². The van der Waals surface area contributed by atoms with Crippen molar-refractivity contribution < 1.29 is 9.59 Å². The minimum absolute atomic E-state index is 0.0215. The SMILES string of the molecule is O=Cc1[nH]c2c(Cl)c(Cl)ccc2c1CC(=O)Nc1ccc(Cl)c(Cl)c1. The predicted molar refractivity (Wildman–Crippen MR) is 103 cm³/mol. The van der Waals surface area contributed by atoms with Crippen LogP contribution in [0.4, 0.5) is 5.69 Å². The van der Waals surface area contributed by atoms with Gasteiger partial charge in [-0.2, -0.15) is 0 Å². The average molecular weight is 416 g/mol. The fourth-order valence-corrected chi connectivity index (χ4v) is 3.18. The summed E-state index contributed by atoms with van der Waals surface area (Å²) in [7, 11) is 0. The van der Waals surface area contributed by atoms with Crippen LogP contribution < -0.4 is 5.32 Å². The summed E-state index contributed by atoms with van der Waals surface area (Å²) in [5, 5.41) is 4.78. The van der Waals surface area contributed by atoms with E-state index in [0.717, 1.165) is 0 Å². The minimum Gasteiger partial charge on any atom is -0.351 e. The number of aromatic amines is 1. The van der Waals surface area contributed by atoms with Crippen molar-refractivity contribution in [2.75, 3.05) is 5.32 Å². The molecule has 0 aliphatic rings. The molecule has 0 saturated carbocycles. The lowest BCUT2D eigenvalue weighted by atomic mass is 10.1.